The molecule has 1 rings (SSSR count). The van der Waals surface area contributed by atoms with Gasteiger partial charge in [-0.05, 0) is 49.9 Å². The molecule has 0 spiro atoms. The van der Waals surface area contributed by atoms with Crippen molar-refractivity contribution in [2.75, 3.05) is 23.7 Å². The molecule has 0 aliphatic rings. The van der Waals surface area contributed by atoms with Gasteiger partial charge < -0.3 is 5.32 Å². The smallest absolute Gasteiger partial charge is 0.232 e. The number of carbonyl (C=O) groups excluding carboxylic acids is 1. The predicted molar refractivity (Wildman–Crippen MR) is 99.9 cm³/mol. The van der Waals surface area contributed by atoms with Crippen LogP contribution in [-0.2, 0) is 14.8 Å². The number of hydrogen-bond acceptors (Lipinski definition) is 3. The highest BCUT2D eigenvalue weighted by Gasteiger charge is 2.18. The first kappa shape index (κ1) is 20.5. The van der Waals surface area contributed by atoms with Crippen LogP contribution >= 0.6 is 0 Å². The maximum absolute atomic E-state index is 12.1. The van der Waals surface area contributed by atoms with Crippen molar-refractivity contribution >= 4 is 21.6 Å². The fraction of sp³-hybridized carbons (Fsp3) is 0.611. The molecule has 0 aliphatic heterocycles. The van der Waals surface area contributed by atoms with E-state index in [-0.39, 0.29) is 5.91 Å². The van der Waals surface area contributed by atoms with Crippen LogP contribution in [0.3, 0.4) is 0 Å². The van der Waals surface area contributed by atoms with E-state index in [2.05, 4.69) is 12.2 Å². The number of hydrogen-bond donors (Lipinski definition) is 1. The number of nitrogens with zero attached hydrogens (tertiary/aromatic N) is 1. The lowest BCUT2D eigenvalue weighted by Crippen LogP contribution is -2.32. The average molecular weight is 355 g/mol. The summed E-state index contributed by atoms with van der Waals surface area (Å²) in [7, 11) is -3.37. The van der Waals surface area contributed by atoms with E-state index in [0.717, 1.165) is 30.4 Å². The predicted octanol–water partition coefficient (Wildman–Crippen LogP) is 3.16. The number of benzene rings is 1. The standard InChI is InChI=1S/C18H30N2O3S/c1-5-6-7-10-19-18(21)9-8-11-20(24(4,22)23)17-13-15(2)12-16(3)14-17/h12-14H,5-11H2,1-4H3,(H,19,21). The van der Waals surface area contributed by atoms with E-state index in [4.69, 9.17) is 0 Å². The van der Waals surface area contributed by atoms with Gasteiger partial charge >= 0.3 is 0 Å². The first-order valence-electron chi connectivity index (χ1n) is 8.56. The van der Waals surface area contributed by atoms with Gasteiger partial charge in [0.25, 0.3) is 0 Å². The molecule has 1 amide bonds. The molecule has 1 N–H and O–H groups in total. The largest absolute Gasteiger partial charge is 0.356 e. The van der Waals surface area contributed by atoms with Crippen LogP contribution in [0.4, 0.5) is 5.69 Å². The van der Waals surface area contributed by atoms with E-state index in [1.165, 1.54) is 10.6 Å². The Bertz CT molecular complexity index is 621. The molecular weight excluding hydrogens is 324 g/mol. The average Bonchev–Trinajstić information content (AvgIpc) is 2.45. The van der Waals surface area contributed by atoms with Crippen LogP contribution in [0.2, 0.25) is 0 Å². The Kier molecular flexibility index (Phi) is 8.25. The fourth-order valence-corrected chi connectivity index (χ4v) is 3.60. The molecule has 0 heterocycles. The van der Waals surface area contributed by atoms with E-state index >= 15 is 0 Å². The van der Waals surface area contributed by atoms with Gasteiger partial charge in [0.1, 0.15) is 0 Å². The van der Waals surface area contributed by atoms with Crippen LogP contribution in [0.25, 0.3) is 0 Å². The summed E-state index contributed by atoms with van der Waals surface area (Å²) in [5.74, 6) is -0.0139. The minimum absolute atomic E-state index is 0.0139. The lowest BCUT2D eigenvalue weighted by molar-refractivity contribution is -0.121. The Morgan fingerprint density at radius 1 is 1.08 bits per heavy atom. The van der Waals surface area contributed by atoms with Crippen LogP contribution in [0, 0.1) is 13.8 Å². The summed E-state index contributed by atoms with van der Waals surface area (Å²) in [5.41, 5.74) is 2.71. The Balaban J connectivity index is 2.61. The maximum Gasteiger partial charge on any atom is 0.232 e. The summed E-state index contributed by atoms with van der Waals surface area (Å²) >= 11 is 0. The van der Waals surface area contributed by atoms with Crippen LogP contribution in [0.5, 0.6) is 0 Å². The molecule has 24 heavy (non-hydrogen) atoms. The van der Waals surface area contributed by atoms with Gasteiger partial charge in [0.2, 0.25) is 15.9 Å². The molecule has 0 atom stereocenters. The molecule has 6 heteroatoms. The van der Waals surface area contributed by atoms with Crippen LogP contribution in [0.1, 0.15) is 50.2 Å². The maximum atomic E-state index is 12.1. The second-order valence-electron chi connectivity index (χ2n) is 6.34. The molecule has 1 aromatic carbocycles. The number of amides is 1. The molecule has 0 aliphatic carbocycles. The van der Waals surface area contributed by atoms with Gasteiger partial charge in [0.15, 0.2) is 0 Å². The van der Waals surface area contributed by atoms with E-state index in [1.54, 1.807) is 0 Å². The Morgan fingerprint density at radius 3 is 2.25 bits per heavy atom. The first-order chi connectivity index (χ1) is 11.2. The number of unbranched alkanes of at least 4 members (excludes halogenated alkanes) is 2. The van der Waals surface area contributed by atoms with Crippen LogP contribution < -0.4 is 9.62 Å². The SMILES string of the molecule is CCCCCNC(=O)CCCN(c1cc(C)cc(C)c1)S(C)(=O)=O. The van der Waals surface area contributed by atoms with Crippen molar-refractivity contribution in [1.29, 1.82) is 0 Å². The quantitative estimate of drug-likeness (QED) is 0.656. The molecule has 1 aromatic rings. The van der Waals surface area contributed by atoms with Crippen molar-refractivity contribution in [1.82, 2.24) is 5.32 Å². The van der Waals surface area contributed by atoms with Gasteiger partial charge in [0.05, 0.1) is 11.9 Å². The van der Waals surface area contributed by atoms with Crippen LogP contribution in [-0.4, -0.2) is 33.7 Å². The van der Waals surface area contributed by atoms with Crippen LogP contribution in [0.15, 0.2) is 18.2 Å². The van der Waals surface area contributed by atoms with Crippen molar-refractivity contribution in [3.05, 3.63) is 29.3 Å². The zero-order valence-corrected chi connectivity index (χ0v) is 16.1. The molecule has 0 unspecified atom stereocenters. The molecule has 0 saturated carbocycles. The molecule has 136 valence electrons. The van der Waals surface area contributed by atoms with Gasteiger partial charge in [-0.3, -0.25) is 9.10 Å². The third-order valence-electron chi connectivity index (χ3n) is 3.76. The summed E-state index contributed by atoms with van der Waals surface area (Å²) in [6.45, 7) is 7.01. The normalized spacial score (nSPS) is 11.3. The highest BCUT2D eigenvalue weighted by Crippen LogP contribution is 2.21. The van der Waals surface area contributed by atoms with Gasteiger partial charge in [0, 0.05) is 19.5 Å². The van der Waals surface area contributed by atoms with Crippen molar-refractivity contribution in [3.63, 3.8) is 0 Å². The van der Waals surface area contributed by atoms with Crippen molar-refractivity contribution in [3.8, 4) is 0 Å². The molecule has 0 bridgehead atoms. The van der Waals surface area contributed by atoms with Gasteiger partial charge in [-0.2, -0.15) is 0 Å². The lowest BCUT2D eigenvalue weighted by atomic mass is 10.1. The number of aryl methyl sites for hydroxylation is 2. The first-order valence-corrected chi connectivity index (χ1v) is 10.4. The second-order valence-corrected chi connectivity index (χ2v) is 8.25. The number of nitrogens with one attached hydrogen (secondary N) is 1. The van der Waals surface area contributed by atoms with Crippen molar-refractivity contribution < 1.29 is 13.2 Å². The second kappa shape index (κ2) is 9.67. The third-order valence-corrected chi connectivity index (χ3v) is 4.96. The monoisotopic (exact) mass is 354 g/mol. The molecule has 0 saturated heterocycles. The summed E-state index contributed by atoms with van der Waals surface area (Å²) in [6.07, 6.45) is 5.25. The number of anilines is 1. The molecular formula is C18H30N2O3S. The van der Waals surface area contributed by atoms with Gasteiger partial charge in [-0.25, -0.2) is 8.42 Å². The summed E-state index contributed by atoms with van der Waals surface area (Å²) in [4.78, 5) is 11.8. The third kappa shape index (κ3) is 7.34. The molecule has 0 radical (unpaired) electrons. The molecule has 0 aromatic heterocycles. The molecule has 0 fully saturated rings. The topological polar surface area (TPSA) is 66.5 Å². The van der Waals surface area contributed by atoms with E-state index < -0.39 is 10.0 Å². The minimum atomic E-state index is -3.37. The van der Waals surface area contributed by atoms with E-state index in [1.807, 2.05) is 32.0 Å². The summed E-state index contributed by atoms with van der Waals surface area (Å²) in [6, 6.07) is 5.73. The highest BCUT2D eigenvalue weighted by atomic mass is 32.2. The zero-order valence-electron chi connectivity index (χ0n) is 15.3. The summed E-state index contributed by atoms with van der Waals surface area (Å²) in [5, 5.41) is 2.88. The summed E-state index contributed by atoms with van der Waals surface area (Å²) < 4.78 is 25.6. The number of sulfonamides is 1. The van der Waals surface area contributed by atoms with Gasteiger partial charge in [-0.15, -0.1) is 0 Å². The van der Waals surface area contributed by atoms with Gasteiger partial charge in [-0.1, -0.05) is 25.8 Å². The Morgan fingerprint density at radius 2 is 1.71 bits per heavy atom. The Hall–Kier alpha value is -1.56. The van der Waals surface area contributed by atoms with Crippen molar-refractivity contribution in [2.45, 2.75) is 52.9 Å². The number of rotatable bonds is 10. The van der Waals surface area contributed by atoms with Crippen molar-refractivity contribution in [2.24, 2.45) is 0 Å². The zero-order chi connectivity index (χ0) is 18.2. The Labute approximate surface area is 146 Å². The minimum Gasteiger partial charge on any atom is -0.356 e. The van der Waals surface area contributed by atoms with E-state index in [0.29, 0.717) is 31.6 Å². The fourth-order valence-electron chi connectivity index (χ4n) is 2.66. The molecule has 5 nitrogen and oxygen atoms in total. The lowest BCUT2D eigenvalue weighted by Gasteiger charge is -2.23. The number of carbonyl (C=O) groups is 1. The highest BCUT2D eigenvalue weighted by molar-refractivity contribution is 7.92. The van der Waals surface area contributed by atoms with E-state index in [9.17, 15) is 13.2 Å².